The number of ether oxygens (including phenoxy) is 1. The first-order valence-electron chi connectivity index (χ1n) is 6.12. The van der Waals surface area contributed by atoms with Crippen LogP contribution in [-0.4, -0.2) is 5.75 Å². The highest BCUT2D eigenvalue weighted by Gasteiger charge is 2.10. The van der Waals surface area contributed by atoms with Crippen molar-refractivity contribution in [2.45, 2.75) is 11.8 Å². The first kappa shape index (κ1) is 14.0. The summed E-state index contributed by atoms with van der Waals surface area (Å²) in [6.45, 7) is 2.04. The van der Waals surface area contributed by atoms with E-state index in [2.05, 4.69) is 12.1 Å². The highest BCUT2D eigenvalue weighted by molar-refractivity contribution is 7.99. The van der Waals surface area contributed by atoms with Crippen LogP contribution < -0.4 is 4.74 Å². The zero-order valence-corrected chi connectivity index (χ0v) is 11.8. The fourth-order valence-electron chi connectivity index (χ4n) is 1.71. The number of rotatable bonds is 4. The Labute approximate surface area is 122 Å². The van der Waals surface area contributed by atoms with Gasteiger partial charge >= 0.3 is 0 Å². The lowest BCUT2D eigenvalue weighted by atomic mass is 10.2. The molecule has 0 saturated heterocycles. The van der Waals surface area contributed by atoms with Crippen molar-refractivity contribution in [3.63, 3.8) is 0 Å². The molecule has 0 atom stereocenters. The molecule has 4 heteroatoms. The Morgan fingerprint density at radius 1 is 1.05 bits per heavy atom. The number of thioether (sulfide) groups is 1. The minimum absolute atomic E-state index is 0.538. The van der Waals surface area contributed by atoms with E-state index in [9.17, 15) is 5.26 Å². The van der Waals surface area contributed by atoms with Gasteiger partial charge in [-0.25, -0.2) is 0 Å². The molecule has 0 radical (unpaired) electrons. The second-order valence-corrected chi connectivity index (χ2v) is 5.22. The maximum atomic E-state index is 9.30. The van der Waals surface area contributed by atoms with Gasteiger partial charge in [-0.3, -0.25) is 0 Å². The van der Waals surface area contributed by atoms with Crippen molar-refractivity contribution in [2.24, 2.45) is 0 Å². The molecule has 0 heterocycles. The molecule has 2 aromatic rings. The minimum atomic E-state index is 0.538. The van der Waals surface area contributed by atoms with Gasteiger partial charge in [-0.15, -0.1) is 11.8 Å². The van der Waals surface area contributed by atoms with Gasteiger partial charge in [0.2, 0.25) is 0 Å². The van der Waals surface area contributed by atoms with Gasteiger partial charge in [0.05, 0.1) is 11.6 Å². The Bertz CT molecular complexity index is 681. The second-order valence-electron chi connectivity index (χ2n) is 3.91. The predicted molar refractivity (Wildman–Crippen MR) is 78.8 cm³/mol. The average Bonchev–Trinajstić information content (AvgIpc) is 2.49. The number of hydrogen-bond acceptors (Lipinski definition) is 4. The molecule has 0 bridgehead atoms. The number of nitrogens with zero attached hydrogens (tertiary/aromatic N) is 2. The Morgan fingerprint density at radius 3 is 2.40 bits per heavy atom. The summed E-state index contributed by atoms with van der Waals surface area (Å²) in [5.74, 6) is 2.05. The third-order valence-electron chi connectivity index (χ3n) is 2.61. The first-order chi connectivity index (χ1) is 9.78. The maximum absolute atomic E-state index is 9.30. The lowest BCUT2D eigenvalue weighted by molar-refractivity contribution is 0.479. The fourth-order valence-corrected chi connectivity index (χ4v) is 2.48. The summed E-state index contributed by atoms with van der Waals surface area (Å²) < 4.78 is 5.74. The van der Waals surface area contributed by atoms with Crippen molar-refractivity contribution in [1.82, 2.24) is 0 Å². The number of nitriles is 2. The topological polar surface area (TPSA) is 56.8 Å². The van der Waals surface area contributed by atoms with Crippen LogP contribution >= 0.6 is 11.8 Å². The van der Waals surface area contributed by atoms with E-state index in [0.717, 1.165) is 10.6 Å². The summed E-state index contributed by atoms with van der Waals surface area (Å²) >= 11 is 1.61. The second kappa shape index (κ2) is 6.65. The fraction of sp³-hybridized carbons (Fsp3) is 0.125. The van der Waals surface area contributed by atoms with Gasteiger partial charge < -0.3 is 4.74 Å². The molecule has 0 saturated carbocycles. The zero-order chi connectivity index (χ0) is 14.4. The normalized spacial score (nSPS) is 9.55. The largest absolute Gasteiger partial charge is 0.456 e. The van der Waals surface area contributed by atoms with E-state index < -0.39 is 0 Å². The molecule has 0 N–H and O–H groups in total. The van der Waals surface area contributed by atoms with E-state index in [-0.39, 0.29) is 0 Å². The van der Waals surface area contributed by atoms with Crippen LogP contribution in [0.3, 0.4) is 0 Å². The Balaban J connectivity index is 2.31. The van der Waals surface area contributed by atoms with Crippen LogP contribution in [0.1, 0.15) is 18.1 Å². The van der Waals surface area contributed by atoms with Crippen LogP contribution in [0.2, 0.25) is 0 Å². The van der Waals surface area contributed by atoms with Gasteiger partial charge in [0.25, 0.3) is 0 Å². The van der Waals surface area contributed by atoms with E-state index in [1.165, 1.54) is 0 Å². The highest BCUT2D eigenvalue weighted by atomic mass is 32.2. The molecule has 3 nitrogen and oxygen atoms in total. The average molecular weight is 280 g/mol. The lowest BCUT2D eigenvalue weighted by Gasteiger charge is -2.10. The Morgan fingerprint density at radius 2 is 1.80 bits per heavy atom. The monoisotopic (exact) mass is 280 g/mol. The number of hydrogen-bond donors (Lipinski definition) is 0. The van der Waals surface area contributed by atoms with Crippen molar-refractivity contribution < 1.29 is 4.74 Å². The molecule has 2 rings (SSSR count). The van der Waals surface area contributed by atoms with Crippen LogP contribution in [0.15, 0.2) is 47.4 Å². The maximum Gasteiger partial charge on any atom is 0.146 e. The molecule has 0 aliphatic carbocycles. The molecular formula is C16H12N2OS. The van der Waals surface area contributed by atoms with Crippen LogP contribution in [0.4, 0.5) is 0 Å². The first-order valence-corrected chi connectivity index (χ1v) is 7.11. The molecular weight excluding hydrogens is 268 g/mol. The third-order valence-corrected chi connectivity index (χ3v) is 3.55. The smallest absolute Gasteiger partial charge is 0.146 e. The Kier molecular flexibility index (Phi) is 4.65. The molecule has 2 aromatic carbocycles. The van der Waals surface area contributed by atoms with E-state index in [4.69, 9.17) is 10.00 Å². The summed E-state index contributed by atoms with van der Waals surface area (Å²) in [4.78, 5) is 0.918. The van der Waals surface area contributed by atoms with Crippen molar-refractivity contribution in [2.75, 3.05) is 5.75 Å². The van der Waals surface area contributed by atoms with Gasteiger partial charge in [-0.1, -0.05) is 13.0 Å². The molecule has 0 aromatic heterocycles. The summed E-state index contributed by atoms with van der Waals surface area (Å²) in [5, 5.41) is 18.1. The summed E-state index contributed by atoms with van der Waals surface area (Å²) in [5.41, 5.74) is 1.12. The van der Waals surface area contributed by atoms with Gasteiger partial charge in [-0.2, -0.15) is 10.5 Å². The van der Waals surface area contributed by atoms with Crippen molar-refractivity contribution >= 4 is 11.8 Å². The number of benzene rings is 2. The molecule has 0 unspecified atom stereocenters. The van der Waals surface area contributed by atoms with Crippen LogP contribution in [0, 0.1) is 22.7 Å². The van der Waals surface area contributed by atoms with E-state index in [0.29, 0.717) is 22.6 Å². The summed E-state index contributed by atoms with van der Waals surface area (Å²) in [6.07, 6.45) is 0. The molecule has 98 valence electrons. The van der Waals surface area contributed by atoms with Gasteiger partial charge in [0.1, 0.15) is 23.1 Å². The standard InChI is InChI=1S/C16H12N2OS/c1-2-20-16-5-3-4-15(14(16)11-18)19-13-8-6-12(10-17)7-9-13/h3-9H,2H2,1H3. The quantitative estimate of drug-likeness (QED) is 0.782. The van der Waals surface area contributed by atoms with Crippen molar-refractivity contribution in [3.8, 4) is 23.6 Å². The summed E-state index contributed by atoms with van der Waals surface area (Å²) in [6, 6.07) is 16.6. The SMILES string of the molecule is CCSc1cccc(Oc2ccc(C#N)cc2)c1C#N. The van der Waals surface area contributed by atoms with E-state index >= 15 is 0 Å². The molecule has 20 heavy (non-hydrogen) atoms. The molecule has 0 aliphatic rings. The van der Waals surface area contributed by atoms with Crippen LogP contribution in [-0.2, 0) is 0 Å². The van der Waals surface area contributed by atoms with Gasteiger partial charge in [-0.05, 0) is 42.2 Å². The van der Waals surface area contributed by atoms with Gasteiger partial charge in [0, 0.05) is 4.90 Å². The Hall–Kier alpha value is -2.43. The highest BCUT2D eigenvalue weighted by Crippen LogP contribution is 2.32. The van der Waals surface area contributed by atoms with E-state index in [1.807, 2.05) is 19.1 Å². The molecule has 0 aliphatic heterocycles. The van der Waals surface area contributed by atoms with Gasteiger partial charge in [0.15, 0.2) is 0 Å². The lowest BCUT2D eigenvalue weighted by Crippen LogP contribution is -1.91. The van der Waals surface area contributed by atoms with Crippen LogP contribution in [0.5, 0.6) is 11.5 Å². The molecule has 0 fully saturated rings. The van der Waals surface area contributed by atoms with E-state index in [1.54, 1.807) is 42.1 Å². The predicted octanol–water partition coefficient (Wildman–Crippen LogP) is 4.33. The van der Waals surface area contributed by atoms with Crippen molar-refractivity contribution in [1.29, 1.82) is 10.5 Å². The molecule has 0 spiro atoms. The zero-order valence-electron chi connectivity index (χ0n) is 11.0. The van der Waals surface area contributed by atoms with Crippen molar-refractivity contribution in [3.05, 3.63) is 53.6 Å². The third kappa shape index (κ3) is 3.12. The molecule has 0 amide bonds. The minimum Gasteiger partial charge on any atom is -0.456 e. The summed E-state index contributed by atoms with van der Waals surface area (Å²) in [7, 11) is 0. The van der Waals surface area contributed by atoms with Crippen LogP contribution in [0.25, 0.3) is 0 Å².